The van der Waals surface area contributed by atoms with Crippen molar-refractivity contribution in [3.8, 4) is 0 Å². The third-order valence-corrected chi connectivity index (χ3v) is 3.75. The summed E-state index contributed by atoms with van der Waals surface area (Å²) in [6.45, 7) is 1.03. The normalized spacial score (nSPS) is 15.6. The molecule has 2 aromatic rings. The van der Waals surface area contributed by atoms with Gasteiger partial charge in [-0.15, -0.1) is 11.6 Å². The fourth-order valence-electron chi connectivity index (χ4n) is 2.22. The van der Waals surface area contributed by atoms with E-state index in [1.54, 1.807) is 0 Å². The van der Waals surface area contributed by atoms with Gasteiger partial charge in [0.1, 0.15) is 5.82 Å². The Bertz CT molecular complexity index is 544. The number of imidazole rings is 1. The molecule has 0 saturated heterocycles. The van der Waals surface area contributed by atoms with Crippen LogP contribution in [0.2, 0.25) is 5.02 Å². The number of alkyl halides is 1. The van der Waals surface area contributed by atoms with E-state index in [1.807, 2.05) is 18.2 Å². The summed E-state index contributed by atoms with van der Waals surface area (Å²) in [6, 6.07) is 5.89. The molecule has 0 unspecified atom stereocenters. The van der Waals surface area contributed by atoms with Gasteiger partial charge in [-0.1, -0.05) is 17.7 Å². The highest BCUT2D eigenvalue weighted by atomic mass is 35.5. The van der Waals surface area contributed by atoms with Gasteiger partial charge in [-0.2, -0.15) is 0 Å². The fourth-order valence-corrected chi connectivity index (χ4v) is 2.66. The zero-order chi connectivity index (χ0) is 11.8. The van der Waals surface area contributed by atoms with E-state index in [2.05, 4.69) is 9.55 Å². The summed E-state index contributed by atoms with van der Waals surface area (Å²) in [5.74, 6) is 2.47. The van der Waals surface area contributed by atoms with Crippen LogP contribution in [0, 0.1) is 5.92 Å². The minimum atomic E-state index is 0.603. The Hall–Kier alpha value is -0.730. The second kappa shape index (κ2) is 4.51. The summed E-state index contributed by atoms with van der Waals surface area (Å²) in [6.07, 6.45) is 3.45. The minimum absolute atomic E-state index is 0.603. The summed E-state index contributed by atoms with van der Waals surface area (Å²) >= 11 is 12.1. The molecular weight excluding hydrogens is 255 g/mol. The molecule has 2 nitrogen and oxygen atoms in total. The number of nitrogens with zero attached hydrogens (tertiary/aromatic N) is 2. The van der Waals surface area contributed by atoms with Crippen molar-refractivity contribution in [2.24, 2.45) is 5.92 Å². The van der Waals surface area contributed by atoms with Crippen molar-refractivity contribution in [3.63, 3.8) is 0 Å². The first-order chi connectivity index (χ1) is 8.29. The molecule has 17 heavy (non-hydrogen) atoms. The van der Waals surface area contributed by atoms with Crippen LogP contribution in [-0.4, -0.2) is 15.4 Å². The van der Waals surface area contributed by atoms with Gasteiger partial charge in [0.05, 0.1) is 16.1 Å². The molecule has 1 aliphatic carbocycles. The summed E-state index contributed by atoms with van der Waals surface area (Å²) in [5, 5.41) is 0.788. The number of rotatable bonds is 4. The Kier molecular flexibility index (Phi) is 3.01. The average Bonchev–Trinajstić information content (AvgIpc) is 3.04. The molecule has 1 fully saturated rings. The van der Waals surface area contributed by atoms with Crippen LogP contribution in [0.3, 0.4) is 0 Å². The van der Waals surface area contributed by atoms with E-state index in [-0.39, 0.29) is 0 Å². The Morgan fingerprint density at radius 1 is 1.35 bits per heavy atom. The second-order valence-electron chi connectivity index (χ2n) is 4.63. The van der Waals surface area contributed by atoms with E-state index in [1.165, 1.54) is 12.8 Å². The van der Waals surface area contributed by atoms with E-state index < -0.39 is 0 Å². The average molecular weight is 269 g/mol. The number of hydrogen-bond acceptors (Lipinski definition) is 1. The van der Waals surface area contributed by atoms with Crippen molar-refractivity contribution in [1.82, 2.24) is 9.55 Å². The lowest BCUT2D eigenvalue weighted by Crippen LogP contribution is -2.06. The molecule has 1 aromatic carbocycles. The van der Waals surface area contributed by atoms with Crippen LogP contribution in [0.25, 0.3) is 11.0 Å². The van der Waals surface area contributed by atoms with Crippen molar-refractivity contribution in [2.75, 3.05) is 5.88 Å². The number of hydrogen-bond donors (Lipinski definition) is 0. The summed E-state index contributed by atoms with van der Waals surface area (Å²) in [7, 11) is 0. The van der Waals surface area contributed by atoms with Gasteiger partial charge in [0.25, 0.3) is 0 Å². The summed E-state index contributed by atoms with van der Waals surface area (Å²) in [5.41, 5.74) is 2.06. The molecule has 0 N–H and O–H groups in total. The van der Waals surface area contributed by atoms with Crippen molar-refractivity contribution in [3.05, 3.63) is 29.0 Å². The molecular formula is C13H14Cl2N2. The molecule has 0 bridgehead atoms. The molecule has 0 spiro atoms. The lowest BCUT2D eigenvalue weighted by Gasteiger charge is -2.08. The van der Waals surface area contributed by atoms with E-state index >= 15 is 0 Å². The first kappa shape index (κ1) is 11.4. The molecule has 1 saturated carbocycles. The number of aromatic nitrogens is 2. The Balaban J connectivity index is 2.13. The van der Waals surface area contributed by atoms with Crippen LogP contribution in [0.15, 0.2) is 18.2 Å². The maximum atomic E-state index is 6.29. The standard InChI is InChI=1S/C13H14Cl2N2/c14-7-6-12-16-11-3-1-2-10(15)13(11)17(12)8-9-4-5-9/h1-3,9H,4-8H2. The molecule has 1 aliphatic rings. The first-order valence-corrected chi connectivity index (χ1v) is 6.90. The quantitative estimate of drug-likeness (QED) is 0.770. The second-order valence-corrected chi connectivity index (χ2v) is 5.41. The molecule has 0 radical (unpaired) electrons. The van der Waals surface area contributed by atoms with Gasteiger partial charge in [0.2, 0.25) is 0 Å². The number of fused-ring (bicyclic) bond motifs is 1. The zero-order valence-electron chi connectivity index (χ0n) is 9.50. The fraction of sp³-hybridized carbons (Fsp3) is 0.462. The number of halogens is 2. The number of aryl methyl sites for hydroxylation is 1. The SMILES string of the molecule is ClCCc1nc2cccc(Cl)c2n1CC1CC1. The van der Waals surface area contributed by atoms with Crippen LogP contribution < -0.4 is 0 Å². The van der Waals surface area contributed by atoms with Gasteiger partial charge < -0.3 is 4.57 Å². The highest BCUT2D eigenvalue weighted by molar-refractivity contribution is 6.35. The lowest BCUT2D eigenvalue weighted by molar-refractivity contribution is 0.615. The molecule has 90 valence electrons. The van der Waals surface area contributed by atoms with E-state index in [4.69, 9.17) is 23.2 Å². The maximum absolute atomic E-state index is 6.29. The van der Waals surface area contributed by atoms with Crippen molar-refractivity contribution >= 4 is 34.2 Å². The minimum Gasteiger partial charge on any atom is -0.326 e. The Labute approximate surface area is 111 Å². The van der Waals surface area contributed by atoms with Gasteiger partial charge in [-0.3, -0.25) is 0 Å². The maximum Gasteiger partial charge on any atom is 0.111 e. The van der Waals surface area contributed by atoms with Crippen molar-refractivity contribution < 1.29 is 0 Å². The highest BCUT2D eigenvalue weighted by Gasteiger charge is 2.24. The largest absolute Gasteiger partial charge is 0.326 e. The van der Waals surface area contributed by atoms with Crippen LogP contribution >= 0.6 is 23.2 Å². The summed E-state index contributed by atoms with van der Waals surface area (Å²) in [4.78, 5) is 4.64. The van der Waals surface area contributed by atoms with Gasteiger partial charge in [-0.05, 0) is 30.9 Å². The number of para-hydroxylation sites is 1. The number of benzene rings is 1. The first-order valence-electron chi connectivity index (χ1n) is 5.99. The van der Waals surface area contributed by atoms with Gasteiger partial charge in [0.15, 0.2) is 0 Å². The third kappa shape index (κ3) is 2.16. The van der Waals surface area contributed by atoms with E-state index in [9.17, 15) is 0 Å². The van der Waals surface area contributed by atoms with Crippen LogP contribution in [0.5, 0.6) is 0 Å². The van der Waals surface area contributed by atoms with Crippen molar-refractivity contribution in [2.45, 2.75) is 25.8 Å². The van der Waals surface area contributed by atoms with Gasteiger partial charge >= 0.3 is 0 Å². The smallest absolute Gasteiger partial charge is 0.111 e. The topological polar surface area (TPSA) is 17.8 Å². The van der Waals surface area contributed by atoms with Crippen LogP contribution in [0.4, 0.5) is 0 Å². The molecule has 0 atom stereocenters. The molecule has 0 aliphatic heterocycles. The third-order valence-electron chi connectivity index (χ3n) is 3.25. The Morgan fingerprint density at radius 3 is 2.88 bits per heavy atom. The van der Waals surface area contributed by atoms with E-state index in [0.29, 0.717) is 5.88 Å². The van der Waals surface area contributed by atoms with Gasteiger partial charge in [0, 0.05) is 18.8 Å². The van der Waals surface area contributed by atoms with Crippen LogP contribution in [0.1, 0.15) is 18.7 Å². The van der Waals surface area contributed by atoms with E-state index in [0.717, 1.165) is 40.8 Å². The zero-order valence-corrected chi connectivity index (χ0v) is 11.0. The summed E-state index contributed by atoms with van der Waals surface area (Å²) < 4.78 is 2.26. The monoisotopic (exact) mass is 268 g/mol. The Morgan fingerprint density at radius 2 is 2.18 bits per heavy atom. The molecule has 0 amide bonds. The predicted octanol–water partition coefficient (Wildman–Crippen LogP) is 3.88. The van der Waals surface area contributed by atoms with Crippen LogP contribution in [-0.2, 0) is 13.0 Å². The molecule has 3 rings (SSSR count). The molecule has 1 aromatic heterocycles. The molecule has 1 heterocycles. The predicted molar refractivity (Wildman–Crippen MR) is 71.9 cm³/mol. The lowest BCUT2D eigenvalue weighted by atomic mass is 10.3. The van der Waals surface area contributed by atoms with Gasteiger partial charge in [-0.25, -0.2) is 4.98 Å². The van der Waals surface area contributed by atoms with Crippen molar-refractivity contribution in [1.29, 1.82) is 0 Å². The highest BCUT2D eigenvalue weighted by Crippen LogP contribution is 2.34. The molecule has 4 heteroatoms.